The zero-order chi connectivity index (χ0) is 24.2. The van der Waals surface area contributed by atoms with E-state index in [1.165, 1.54) is 6.07 Å². The van der Waals surface area contributed by atoms with Gasteiger partial charge in [-0.1, -0.05) is 24.2 Å². The van der Waals surface area contributed by atoms with E-state index in [0.29, 0.717) is 28.4 Å². The third-order valence-corrected chi connectivity index (χ3v) is 6.30. The molecular weight excluding hydrogens is 451 g/mol. The Bertz CT molecular complexity index is 1580. The highest BCUT2D eigenvalue weighted by atomic mass is 19.1. The summed E-state index contributed by atoms with van der Waals surface area (Å²) in [6, 6.07) is 6.63. The summed E-state index contributed by atoms with van der Waals surface area (Å²) in [6.07, 6.45) is 8.96. The fourth-order valence-electron chi connectivity index (χ4n) is 3.89. The molecule has 1 aliphatic rings. The Labute approximate surface area is 198 Å². The average Bonchev–Trinajstić information content (AvgIpc) is 3.29. The van der Waals surface area contributed by atoms with Crippen LogP contribution in [0.25, 0.3) is 28.0 Å². The number of nitrogens with zero attached hydrogens (tertiary/aromatic N) is 7. The minimum atomic E-state index is -0.514. The Morgan fingerprint density at radius 2 is 2.03 bits per heavy atom. The highest BCUT2D eigenvalue weighted by Crippen LogP contribution is 2.46. The fourth-order valence-corrected chi connectivity index (χ4v) is 3.89. The molecule has 35 heavy (non-hydrogen) atoms. The van der Waals surface area contributed by atoms with E-state index in [1.807, 2.05) is 32.4 Å². The summed E-state index contributed by atoms with van der Waals surface area (Å²) in [5.41, 5.74) is 3.62. The minimum Gasteiger partial charge on any atom is -0.345 e. The maximum atomic E-state index is 15.0. The van der Waals surface area contributed by atoms with E-state index in [4.69, 9.17) is 9.51 Å². The van der Waals surface area contributed by atoms with Crippen LogP contribution >= 0.6 is 0 Å². The number of carbonyl (C=O) groups is 1. The van der Waals surface area contributed by atoms with Crippen LogP contribution in [0.3, 0.4) is 0 Å². The molecular formula is C24H21FN8O2. The van der Waals surface area contributed by atoms with Crippen LogP contribution in [-0.2, 0) is 19.0 Å². The van der Waals surface area contributed by atoms with Crippen LogP contribution in [0.4, 0.5) is 4.39 Å². The van der Waals surface area contributed by atoms with Crippen LogP contribution in [0, 0.1) is 5.82 Å². The SMILES string of the molecule is Cn1cc(-c2cn3nccc3c(-c3ccc(CNC(=O)c4noc(C5(C)CC5)n4)c(F)c3)n2)cn1. The summed E-state index contributed by atoms with van der Waals surface area (Å²) >= 11 is 0. The van der Waals surface area contributed by atoms with Crippen LogP contribution in [-0.4, -0.2) is 40.4 Å². The summed E-state index contributed by atoms with van der Waals surface area (Å²) in [4.78, 5) is 21.4. The van der Waals surface area contributed by atoms with Gasteiger partial charge in [0.2, 0.25) is 5.89 Å². The molecule has 0 saturated heterocycles. The van der Waals surface area contributed by atoms with Crippen molar-refractivity contribution in [3.63, 3.8) is 0 Å². The summed E-state index contributed by atoms with van der Waals surface area (Å²) in [7, 11) is 1.83. The Morgan fingerprint density at radius 1 is 1.17 bits per heavy atom. The molecule has 1 aliphatic carbocycles. The van der Waals surface area contributed by atoms with Gasteiger partial charge in [-0.25, -0.2) is 13.9 Å². The zero-order valence-electron chi connectivity index (χ0n) is 19.1. The van der Waals surface area contributed by atoms with Gasteiger partial charge < -0.3 is 9.84 Å². The molecule has 4 aromatic heterocycles. The molecule has 0 spiro atoms. The lowest BCUT2D eigenvalue weighted by Crippen LogP contribution is -2.24. The van der Waals surface area contributed by atoms with E-state index in [2.05, 4.69) is 25.7 Å². The molecule has 1 saturated carbocycles. The Kier molecular flexibility index (Phi) is 4.73. The number of aromatic nitrogens is 7. The molecule has 5 aromatic rings. The van der Waals surface area contributed by atoms with Crippen molar-refractivity contribution in [1.29, 1.82) is 0 Å². The van der Waals surface area contributed by atoms with Crippen molar-refractivity contribution in [3.05, 3.63) is 72.1 Å². The lowest BCUT2D eigenvalue weighted by Gasteiger charge is -2.09. The molecule has 0 aliphatic heterocycles. The first-order valence-corrected chi connectivity index (χ1v) is 11.1. The molecule has 1 fully saturated rings. The largest absolute Gasteiger partial charge is 0.345 e. The van der Waals surface area contributed by atoms with Crippen molar-refractivity contribution in [2.45, 2.75) is 31.7 Å². The van der Waals surface area contributed by atoms with Gasteiger partial charge in [-0.3, -0.25) is 9.48 Å². The molecule has 0 radical (unpaired) electrons. The number of benzene rings is 1. The monoisotopic (exact) mass is 472 g/mol. The molecule has 6 rings (SSSR count). The number of nitrogens with one attached hydrogen (secondary N) is 1. The van der Waals surface area contributed by atoms with Crippen LogP contribution in [0.1, 0.15) is 41.8 Å². The number of hydrogen-bond acceptors (Lipinski definition) is 7. The van der Waals surface area contributed by atoms with Crippen molar-refractivity contribution in [2.24, 2.45) is 7.05 Å². The molecule has 1 amide bonds. The summed E-state index contributed by atoms with van der Waals surface area (Å²) in [5, 5.41) is 14.9. The minimum absolute atomic E-state index is 0.0165. The van der Waals surface area contributed by atoms with Gasteiger partial charge >= 0.3 is 0 Å². The normalized spacial score (nSPS) is 14.4. The number of rotatable bonds is 6. The predicted octanol–water partition coefficient (Wildman–Crippen LogP) is 3.30. The molecule has 0 unspecified atom stereocenters. The number of fused-ring (bicyclic) bond motifs is 1. The molecule has 1 aromatic carbocycles. The standard InChI is InChI=1S/C24H21FN8O2/c1-24(6-7-24)23-30-21(31-35-23)22(34)26-10-15-4-3-14(9-17(15)25)20-19-5-8-27-33(19)13-18(29-20)16-11-28-32(2)12-16/h3-5,8-9,11-13H,6-7,10H2,1-2H3,(H,26,34). The smallest absolute Gasteiger partial charge is 0.292 e. The second-order valence-corrected chi connectivity index (χ2v) is 9.01. The van der Waals surface area contributed by atoms with Crippen molar-refractivity contribution < 1.29 is 13.7 Å². The molecule has 11 heteroatoms. The van der Waals surface area contributed by atoms with Gasteiger partial charge in [0.05, 0.1) is 35.5 Å². The Morgan fingerprint density at radius 3 is 2.77 bits per heavy atom. The van der Waals surface area contributed by atoms with E-state index in [0.717, 1.165) is 23.9 Å². The third-order valence-electron chi connectivity index (χ3n) is 6.30. The number of amides is 1. The molecule has 1 N–H and O–H groups in total. The summed E-state index contributed by atoms with van der Waals surface area (Å²) in [6.45, 7) is 2.00. The number of hydrogen-bond donors (Lipinski definition) is 1. The van der Waals surface area contributed by atoms with E-state index >= 15 is 4.39 Å². The maximum Gasteiger partial charge on any atom is 0.292 e. The van der Waals surface area contributed by atoms with E-state index in [-0.39, 0.29) is 17.8 Å². The van der Waals surface area contributed by atoms with Crippen LogP contribution in [0.2, 0.25) is 0 Å². The highest BCUT2D eigenvalue weighted by Gasteiger charge is 2.44. The number of aryl methyl sites for hydroxylation is 1. The lowest BCUT2D eigenvalue weighted by atomic mass is 10.1. The van der Waals surface area contributed by atoms with Gasteiger partial charge in [0.1, 0.15) is 5.82 Å². The zero-order valence-corrected chi connectivity index (χ0v) is 19.1. The van der Waals surface area contributed by atoms with Gasteiger partial charge in [-0.05, 0) is 25.0 Å². The quantitative estimate of drug-likeness (QED) is 0.403. The second kappa shape index (κ2) is 7.83. The second-order valence-electron chi connectivity index (χ2n) is 9.01. The average molecular weight is 472 g/mol. The van der Waals surface area contributed by atoms with Crippen molar-refractivity contribution in [3.8, 4) is 22.5 Å². The van der Waals surface area contributed by atoms with Gasteiger partial charge in [-0.15, -0.1) is 0 Å². The Hall–Kier alpha value is -4.41. The number of carbonyl (C=O) groups excluding carboxylic acids is 1. The van der Waals surface area contributed by atoms with Crippen LogP contribution < -0.4 is 5.32 Å². The first-order chi connectivity index (χ1) is 16.9. The van der Waals surface area contributed by atoms with E-state index in [1.54, 1.807) is 33.7 Å². The molecule has 0 atom stereocenters. The van der Waals surface area contributed by atoms with Gasteiger partial charge in [0.25, 0.3) is 11.7 Å². The van der Waals surface area contributed by atoms with Crippen LogP contribution in [0.15, 0.2) is 53.6 Å². The molecule has 176 valence electrons. The van der Waals surface area contributed by atoms with E-state index < -0.39 is 11.7 Å². The fraction of sp³-hybridized carbons (Fsp3) is 0.250. The predicted molar refractivity (Wildman–Crippen MR) is 123 cm³/mol. The van der Waals surface area contributed by atoms with Crippen molar-refractivity contribution in [2.75, 3.05) is 0 Å². The first kappa shape index (κ1) is 21.1. The first-order valence-electron chi connectivity index (χ1n) is 11.1. The lowest BCUT2D eigenvalue weighted by molar-refractivity contribution is 0.0937. The van der Waals surface area contributed by atoms with Gasteiger partial charge in [0, 0.05) is 41.9 Å². The highest BCUT2D eigenvalue weighted by molar-refractivity contribution is 5.90. The number of halogens is 1. The molecule has 4 heterocycles. The molecule has 10 nitrogen and oxygen atoms in total. The third kappa shape index (κ3) is 3.84. The Balaban J connectivity index is 1.24. The van der Waals surface area contributed by atoms with Crippen LogP contribution in [0.5, 0.6) is 0 Å². The summed E-state index contributed by atoms with van der Waals surface area (Å²) < 4.78 is 23.6. The van der Waals surface area contributed by atoms with E-state index in [9.17, 15) is 4.79 Å². The molecule has 0 bridgehead atoms. The van der Waals surface area contributed by atoms with Gasteiger partial charge in [-0.2, -0.15) is 15.2 Å². The van der Waals surface area contributed by atoms with Gasteiger partial charge in [0.15, 0.2) is 0 Å². The maximum absolute atomic E-state index is 15.0. The van der Waals surface area contributed by atoms with Crippen molar-refractivity contribution in [1.82, 2.24) is 39.8 Å². The van der Waals surface area contributed by atoms with Crippen molar-refractivity contribution >= 4 is 11.4 Å². The topological polar surface area (TPSA) is 116 Å². The summed E-state index contributed by atoms with van der Waals surface area (Å²) in [5.74, 6) is -0.567.